The molecule has 5 nitrogen and oxygen atoms in total. The van der Waals surface area contributed by atoms with Gasteiger partial charge >= 0.3 is 6.09 Å². The average Bonchev–Trinajstić information content (AvgIpc) is 2.47. The summed E-state index contributed by atoms with van der Waals surface area (Å²) in [5.41, 5.74) is -0.528. The van der Waals surface area contributed by atoms with Crippen molar-refractivity contribution < 1.29 is 19.4 Å². The minimum atomic E-state index is -0.544. The zero-order valence-electron chi connectivity index (χ0n) is 15.2. The van der Waals surface area contributed by atoms with Crippen molar-refractivity contribution >= 4 is 6.09 Å². The number of carbonyl (C=O) groups is 1. The molecule has 1 N–H and O–H groups in total. The van der Waals surface area contributed by atoms with Gasteiger partial charge in [-0.25, -0.2) is 4.79 Å². The van der Waals surface area contributed by atoms with Gasteiger partial charge in [0.25, 0.3) is 0 Å². The standard InChI is InChI=1S/C18H33NO4/c1-12-6-7-14(10-13(12)2)16(20)15-11-22-9-8-19(15)17(21)23-18(3,4)5/h12-16,20H,6-11H2,1-5H3. The average molecular weight is 327 g/mol. The highest BCUT2D eigenvalue weighted by atomic mass is 16.6. The number of hydrogen-bond donors (Lipinski definition) is 1. The highest BCUT2D eigenvalue weighted by Crippen LogP contribution is 2.36. The van der Waals surface area contributed by atoms with E-state index in [9.17, 15) is 9.90 Å². The number of ether oxygens (including phenoxy) is 2. The predicted octanol–water partition coefficient (Wildman–Crippen LogP) is 3.06. The van der Waals surface area contributed by atoms with E-state index < -0.39 is 11.7 Å². The topological polar surface area (TPSA) is 59.0 Å². The molecule has 5 heteroatoms. The highest BCUT2D eigenvalue weighted by Gasteiger charge is 2.40. The Morgan fingerprint density at radius 3 is 2.57 bits per heavy atom. The van der Waals surface area contributed by atoms with E-state index in [0.717, 1.165) is 19.3 Å². The van der Waals surface area contributed by atoms with Crippen LogP contribution >= 0.6 is 0 Å². The van der Waals surface area contributed by atoms with Crippen molar-refractivity contribution in [2.24, 2.45) is 17.8 Å². The van der Waals surface area contributed by atoms with Crippen molar-refractivity contribution in [3.05, 3.63) is 0 Å². The van der Waals surface area contributed by atoms with E-state index in [4.69, 9.17) is 9.47 Å². The molecule has 0 bridgehead atoms. The fourth-order valence-corrected chi connectivity index (χ4v) is 3.67. The maximum absolute atomic E-state index is 12.5. The number of morpholine rings is 1. The van der Waals surface area contributed by atoms with Gasteiger partial charge in [0.05, 0.1) is 25.4 Å². The van der Waals surface area contributed by atoms with E-state index in [1.165, 1.54) is 0 Å². The van der Waals surface area contributed by atoms with Gasteiger partial charge < -0.3 is 14.6 Å². The summed E-state index contributed by atoms with van der Waals surface area (Å²) < 4.78 is 11.0. The Bertz CT molecular complexity index is 406. The van der Waals surface area contributed by atoms with E-state index in [1.807, 2.05) is 20.8 Å². The second kappa shape index (κ2) is 7.39. The summed E-state index contributed by atoms with van der Waals surface area (Å²) in [6.45, 7) is 11.5. The SMILES string of the molecule is CC1CCC(C(O)C2COCCN2C(=O)OC(C)(C)C)CC1C. The third kappa shape index (κ3) is 4.83. The molecule has 23 heavy (non-hydrogen) atoms. The fourth-order valence-electron chi connectivity index (χ4n) is 3.67. The first-order valence-corrected chi connectivity index (χ1v) is 8.94. The molecule has 1 aliphatic carbocycles. The van der Waals surface area contributed by atoms with Gasteiger partial charge in [-0.3, -0.25) is 4.90 Å². The summed E-state index contributed by atoms with van der Waals surface area (Å²) in [5, 5.41) is 10.9. The number of hydrogen-bond acceptors (Lipinski definition) is 4. The van der Waals surface area contributed by atoms with Gasteiger partial charge in [0, 0.05) is 6.54 Å². The maximum atomic E-state index is 12.5. The minimum absolute atomic E-state index is 0.234. The smallest absolute Gasteiger partial charge is 0.410 e. The summed E-state index contributed by atoms with van der Waals surface area (Å²) in [6.07, 6.45) is 2.29. The molecule has 1 saturated heterocycles. The molecule has 2 fully saturated rings. The number of amides is 1. The first-order valence-electron chi connectivity index (χ1n) is 8.94. The van der Waals surface area contributed by atoms with Crippen LogP contribution in [0.3, 0.4) is 0 Å². The molecule has 0 spiro atoms. The van der Waals surface area contributed by atoms with Crippen molar-refractivity contribution in [2.45, 2.75) is 71.6 Å². The lowest BCUT2D eigenvalue weighted by atomic mass is 9.72. The summed E-state index contributed by atoms with van der Waals surface area (Å²) >= 11 is 0. The van der Waals surface area contributed by atoms with Crippen molar-refractivity contribution in [2.75, 3.05) is 19.8 Å². The largest absolute Gasteiger partial charge is 0.444 e. The van der Waals surface area contributed by atoms with Crippen molar-refractivity contribution in [1.82, 2.24) is 4.90 Å². The molecule has 0 aromatic heterocycles. The van der Waals surface area contributed by atoms with Crippen molar-refractivity contribution in [3.8, 4) is 0 Å². The van der Waals surface area contributed by atoms with Crippen molar-refractivity contribution in [3.63, 3.8) is 0 Å². The Hall–Kier alpha value is -0.810. The zero-order chi connectivity index (χ0) is 17.2. The Balaban J connectivity index is 2.04. The van der Waals surface area contributed by atoms with E-state index in [1.54, 1.807) is 4.90 Å². The Kier molecular flexibility index (Phi) is 5.95. The number of rotatable bonds is 2. The molecule has 1 aliphatic heterocycles. The second-order valence-corrected chi connectivity index (χ2v) is 8.33. The van der Waals surface area contributed by atoms with Crippen LogP contribution in [0.4, 0.5) is 4.79 Å². The Morgan fingerprint density at radius 2 is 1.96 bits per heavy atom. The number of carbonyl (C=O) groups excluding carboxylic acids is 1. The van der Waals surface area contributed by atoms with Gasteiger partial charge in [-0.1, -0.05) is 20.3 Å². The van der Waals surface area contributed by atoms with Crippen LogP contribution in [-0.4, -0.2) is 53.6 Å². The van der Waals surface area contributed by atoms with Gasteiger partial charge in [0.15, 0.2) is 0 Å². The molecule has 2 rings (SSSR count). The van der Waals surface area contributed by atoms with Crippen LogP contribution in [0.2, 0.25) is 0 Å². The first-order chi connectivity index (χ1) is 10.7. The molecular weight excluding hydrogens is 294 g/mol. The van der Waals surface area contributed by atoms with Crippen LogP contribution in [0.1, 0.15) is 53.9 Å². The molecule has 0 aromatic carbocycles. The summed E-state index contributed by atoms with van der Waals surface area (Å²) in [6, 6.07) is -0.302. The van der Waals surface area contributed by atoms with E-state index in [0.29, 0.717) is 31.6 Å². The molecule has 5 atom stereocenters. The van der Waals surface area contributed by atoms with Crippen LogP contribution in [0.5, 0.6) is 0 Å². The minimum Gasteiger partial charge on any atom is -0.444 e. The Morgan fingerprint density at radius 1 is 1.26 bits per heavy atom. The van der Waals surface area contributed by atoms with Crippen LogP contribution in [-0.2, 0) is 9.47 Å². The number of nitrogens with zero attached hydrogens (tertiary/aromatic N) is 1. The monoisotopic (exact) mass is 327 g/mol. The molecule has 2 aliphatic rings. The van der Waals surface area contributed by atoms with Gasteiger partial charge in [-0.05, 0) is 51.4 Å². The van der Waals surface area contributed by atoms with Crippen molar-refractivity contribution in [1.29, 1.82) is 0 Å². The molecule has 1 amide bonds. The van der Waals surface area contributed by atoms with Crippen LogP contribution in [0, 0.1) is 17.8 Å². The summed E-state index contributed by atoms with van der Waals surface area (Å²) in [4.78, 5) is 14.1. The molecule has 1 saturated carbocycles. The fraction of sp³-hybridized carbons (Fsp3) is 0.944. The third-order valence-electron chi connectivity index (χ3n) is 5.31. The quantitative estimate of drug-likeness (QED) is 0.847. The first kappa shape index (κ1) is 18.5. The molecular formula is C18H33NO4. The molecule has 0 aromatic rings. The van der Waals surface area contributed by atoms with Crippen LogP contribution < -0.4 is 0 Å². The summed E-state index contributed by atoms with van der Waals surface area (Å²) in [5.74, 6) is 1.56. The number of aliphatic hydroxyl groups excluding tert-OH is 1. The normalized spacial score (nSPS) is 34.1. The van der Waals surface area contributed by atoms with E-state index >= 15 is 0 Å². The van der Waals surface area contributed by atoms with E-state index in [-0.39, 0.29) is 18.1 Å². The van der Waals surface area contributed by atoms with Crippen LogP contribution in [0.15, 0.2) is 0 Å². The lowest BCUT2D eigenvalue weighted by molar-refractivity contribution is -0.0865. The predicted molar refractivity (Wildman–Crippen MR) is 89.2 cm³/mol. The molecule has 134 valence electrons. The molecule has 5 unspecified atom stereocenters. The molecule has 0 radical (unpaired) electrons. The zero-order valence-corrected chi connectivity index (χ0v) is 15.2. The third-order valence-corrected chi connectivity index (χ3v) is 5.31. The van der Waals surface area contributed by atoms with Gasteiger partial charge in [0.1, 0.15) is 5.60 Å². The molecule has 1 heterocycles. The highest BCUT2D eigenvalue weighted by molar-refractivity contribution is 5.68. The van der Waals surface area contributed by atoms with E-state index in [2.05, 4.69) is 13.8 Å². The Labute approximate surface area is 140 Å². The lowest BCUT2D eigenvalue weighted by Gasteiger charge is -2.43. The second-order valence-electron chi connectivity index (χ2n) is 8.33. The number of aliphatic hydroxyl groups is 1. The van der Waals surface area contributed by atoms with Crippen LogP contribution in [0.25, 0.3) is 0 Å². The van der Waals surface area contributed by atoms with Gasteiger partial charge in [-0.2, -0.15) is 0 Å². The summed E-state index contributed by atoms with van der Waals surface area (Å²) in [7, 11) is 0. The maximum Gasteiger partial charge on any atom is 0.410 e. The van der Waals surface area contributed by atoms with Gasteiger partial charge in [-0.15, -0.1) is 0 Å². The lowest BCUT2D eigenvalue weighted by Crippen LogP contribution is -2.57. The van der Waals surface area contributed by atoms with Gasteiger partial charge in [0.2, 0.25) is 0 Å².